The molecule has 1 heterocycles. The lowest BCUT2D eigenvalue weighted by atomic mass is 10.0. The molecule has 0 amide bonds. The maximum Gasteiger partial charge on any atom is 0.131 e. The van der Waals surface area contributed by atoms with Gasteiger partial charge in [-0.2, -0.15) is 5.26 Å². The molecular weight excluding hydrogens is 519 g/mol. The number of rotatable bonds is 8. The minimum Gasteiger partial charge on any atom is -0.388 e. The van der Waals surface area contributed by atoms with E-state index in [9.17, 15) is 4.39 Å². The fourth-order valence-electron chi connectivity index (χ4n) is 3.19. The topological polar surface area (TPSA) is 74.7 Å². The molecule has 4 nitrogen and oxygen atoms in total. The van der Waals surface area contributed by atoms with Crippen molar-refractivity contribution in [1.82, 2.24) is 10.3 Å². The van der Waals surface area contributed by atoms with E-state index in [0.29, 0.717) is 28.4 Å². The van der Waals surface area contributed by atoms with Crippen molar-refractivity contribution in [2.75, 3.05) is 12.3 Å². The number of nitrogens with two attached hydrogens (primary N) is 1. The van der Waals surface area contributed by atoms with Gasteiger partial charge in [0.2, 0.25) is 0 Å². The molecule has 5 heteroatoms. The number of halogens is 1. The van der Waals surface area contributed by atoms with E-state index in [-0.39, 0.29) is 5.82 Å². The maximum atomic E-state index is 12.5. The van der Waals surface area contributed by atoms with Crippen LogP contribution in [0.1, 0.15) is 78.5 Å². The molecule has 1 atom stereocenters. The van der Waals surface area contributed by atoms with Gasteiger partial charge in [-0.05, 0) is 73.1 Å². The second-order valence-corrected chi connectivity index (χ2v) is 11.8. The van der Waals surface area contributed by atoms with Crippen LogP contribution in [0, 0.1) is 28.5 Å². The summed E-state index contributed by atoms with van der Waals surface area (Å²) in [6, 6.07) is 20.0. The molecule has 3 N–H and O–H groups in total. The van der Waals surface area contributed by atoms with Crippen LogP contribution in [0.3, 0.4) is 0 Å². The number of nitriles is 1. The molecule has 0 aliphatic carbocycles. The lowest BCUT2D eigenvalue weighted by Crippen LogP contribution is -2.16. The number of hydrogen-bond acceptors (Lipinski definition) is 4. The van der Waals surface area contributed by atoms with Crippen molar-refractivity contribution >= 4 is 11.4 Å². The Hall–Kier alpha value is -4.17. The van der Waals surface area contributed by atoms with Gasteiger partial charge in [-0.25, -0.2) is 9.37 Å². The van der Waals surface area contributed by atoms with E-state index in [1.807, 2.05) is 56.3 Å². The van der Waals surface area contributed by atoms with E-state index < -0.39 is 0 Å². The summed E-state index contributed by atoms with van der Waals surface area (Å²) in [5.41, 5.74) is 12.3. The van der Waals surface area contributed by atoms with E-state index in [0.717, 1.165) is 47.3 Å². The summed E-state index contributed by atoms with van der Waals surface area (Å²) in [6.07, 6.45) is 3.97. The largest absolute Gasteiger partial charge is 0.388 e. The standard InChI is InChI=1S/C15H13N3.C9H11F.C8H15N.C5H12/c1-10(2)12-7-8-14(18-15(12)17)13-6-4-3-5-11(13)9-16;1-2-4-8-5-3-6-9(10)7-8;1-5-8(4)6-9-7(2)3;1-5(2,3)4/h3-8H,1H2,2H3,(H2,17,18);3,5-7H,2,4H2,1H3;5,8-9H,1-2,6H2,3-4H3;1-4H3. The van der Waals surface area contributed by atoms with Crippen LogP contribution < -0.4 is 11.1 Å². The van der Waals surface area contributed by atoms with Gasteiger partial charge in [0.25, 0.3) is 0 Å². The van der Waals surface area contributed by atoms with E-state index in [2.05, 4.69) is 77.6 Å². The fourth-order valence-corrected chi connectivity index (χ4v) is 3.19. The Morgan fingerprint density at radius 2 is 1.69 bits per heavy atom. The van der Waals surface area contributed by atoms with Gasteiger partial charge in [-0.15, -0.1) is 6.58 Å². The molecule has 0 saturated heterocycles. The minimum atomic E-state index is -0.133. The van der Waals surface area contributed by atoms with Crippen molar-refractivity contribution in [3.63, 3.8) is 0 Å². The van der Waals surface area contributed by atoms with Gasteiger partial charge < -0.3 is 11.1 Å². The quantitative estimate of drug-likeness (QED) is 0.264. The average molecular weight is 571 g/mol. The van der Waals surface area contributed by atoms with Crippen LogP contribution >= 0.6 is 0 Å². The molecule has 1 aromatic heterocycles. The molecule has 42 heavy (non-hydrogen) atoms. The predicted octanol–water partition coefficient (Wildman–Crippen LogP) is 10.00. The first-order valence-corrected chi connectivity index (χ1v) is 14.3. The summed E-state index contributed by atoms with van der Waals surface area (Å²) < 4.78 is 12.5. The van der Waals surface area contributed by atoms with Crippen molar-refractivity contribution in [2.24, 2.45) is 11.3 Å². The monoisotopic (exact) mass is 570 g/mol. The zero-order chi connectivity index (χ0) is 32.3. The molecule has 3 rings (SSSR count). The summed E-state index contributed by atoms with van der Waals surface area (Å²) >= 11 is 0. The summed E-state index contributed by atoms with van der Waals surface area (Å²) in [4.78, 5) is 4.34. The number of hydrogen-bond donors (Lipinski definition) is 2. The Balaban J connectivity index is 0.000000596. The Morgan fingerprint density at radius 1 is 1.07 bits per heavy atom. The van der Waals surface area contributed by atoms with Gasteiger partial charge in [0, 0.05) is 23.4 Å². The summed E-state index contributed by atoms with van der Waals surface area (Å²) in [5.74, 6) is 0.834. The fraction of sp³-hybridized carbons (Fsp3) is 0.351. The smallest absolute Gasteiger partial charge is 0.131 e. The molecule has 0 aliphatic rings. The van der Waals surface area contributed by atoms with Gasteiger partial charge in [0.15, 0.2) is 0 Å². The van der Waals surface area contributed by atoms with Crippen LogP contribution in [-0.4, -0.2) is 11.5 Å². The van der Waals surface area contributed by atoms with Gasteiger partial charge in [-0.3, -0.25) is 0 Å². The molecule has 2 aromatic carbocycles. The van der Waals surface area contributed by atoms with E-state index in [4.69, 9.17) is 11.0 Å². The second kappa shape index (κ2) is 19.8. The highest BCUT2D eigenvalue weighted by Crippen LogP contribution is 2.25. The maximum absolute atomic E-state index is 12.5. The Labute approximate surface area is 254 Å². The van der Waals surface area contributed by atoms with Crippen LogP contribution in [0.25, 0.3) is 16.8 Å². The number of pyridine rings is 1. The lowest BCUT2D eigenvalue weighted by Gasteiger charge is -2.08. The number of aryl methyl sites for hydroxylation is 1. The highest BCUT2D eigenvalue weighted by molar-refractivity contribution is 5.75. The van der Waals surface area contributed by atoms with Crippen molar-refractivity contribution in [3.05, 3.63) is 115 Å². The average Bonchev–Trinajstić information content (AvgIpc) is 2.91. The zero-order valence-electron chi connectivity index (χ0n) is 27.0. The zero-order valence-corrected chi connectivity index (χ0v) is 27.0. The second-order valence-electron chi connectivity index (χ2n) is 11.8. The Kier molecular flexibility index (Phi) is 17.9. The van der Waals surface area contributed by atoms with E-state index in [1.165, 1.54) is 6.07 Å². The number of benzene rings is 2. The number of anilines is 1. The van der Waals surface area contributed by atoms with E-state index >= 15 is 0 Å². The molecule has 0 bridgehead atoms. The van der Waals surface area contributed by atoms with Gasteiger partial charge in [0.1, 0.15) is 11.6 Å². The molecule has 0 saturated carbocycles. The highest BCUT2D eigenvalue weighted by Gasteiger charge is 2.08. The normalized spacial score (nSPS) is 10.6. The molecule has 1 unspecified atom stereocenters. The first-order chi connectivity index (χ1) is 19.6. The van der Waals surface area contributed by atoms with Crippen molar-refractivity contribution in [3.8, 4) is 17.3 Å². The lowest BCUT2D eigenvalue weighted by molar-refractivity contribution is 0.469. The highest BCUT2D eigenvalue weighted by atomic mass is 19.1. The Bertz CT molecular complexity index is 1310. The molecule has 0 radical (unpaired) electrons. The van der Waals surface area contributed by atoms with Gasteiger partial charge in [-0.1, -0.05) is 97.5 Å². The van der Waals surface area contributed by atoms with Gasteiger partial charge in [0.05, 0.1) is 17.3 Å². The molecule has 0 aliphatic heterocycles. The summed E-state index contributed by atoms with van der Waals surface area (Å²) in [7, 11) is 0. The molecule has 0 spiro atoms. The predicted molar refractivity (Wildman–Crippen MR) is 181 cm³/mol. The molecule has 226 valence electrons. The number of allylic oxidation sites excluding steroid dienone is 2. The van der Waals surface area contributed by atoms with Crippen LogP contribution in [0.4, 0.5) is 10.2 Å². The minimum absolute atomic E-state index is 0.133. The van der Waals surface area contributed by atoms with Crippen molar-refractivity contribution in [2.45, 2.75) is 68.2 Å². The molecular formula is C37H51FN4. The summed E-state index contributed by atoms with van der Waals surface area (Å²) in [5, 5.41) is 12.2. The van der Waals surface area contributed by atoms with Crippen LogP contribution in [-0.2, 0) is 6.42 Å². The number of nitrogens with one attached hydrogen (secondary N) is 1. The van der Waals surface area contributed by atoms with Crippen molar-refractivity contribution in [1.29, 1.82) is 5.26 Å². The van der Waals surface area contributed by atoms with Crippen LogP contribution in [0.15, 0.2) is 92.2 Å². The SMILES string of the molecule is C=C(C)c1ccc(-c2ccccc2C#N)nc1N.C=CC(C)CNC(=C)C.CC(C)(C)C.CCCc1cccc(F)c1. The first kappa shape index (κ1) is 37.8. The summed E-state index contributed by atoms with van der Waals surface area (Å²) in [6.45, 7) is 29.0. The third-order valence-corrected chi connectivity index (χ3v) is 5.26. The first-order valence-electron chi connectivity index (χ1n) is 14.3. The number of aromatic nitrogens is 1. The molecule has 3 aromatic rings. The third-order valence-electron chi connectivity index (χ3n) is 5.26. The molecule has 0 fully saturated rings. The number of nitrogens with zero attached hydrogens (tertiary/aromatic N) is 2. The third kappa shape index (κ3) is 17.5. The number of nitrogen functional groups attached to an aromatic ring is 1. The van der Waals surface area contributed by atoms with Gasteiger partial charge >= 0.3 is 0 Å². The van der Waals surface area contributed by atoms with Crippen molar-refractivity contribution < 1.29 is 4.39 Å². The van der Waals surface area contributed by atoms with Crippen LogP contribution in [0.5, 0.6) is 0 Å². The van der Waals surface area contributed by atoms with E-state index in [1.54, 1.807) is 18.2 Å². The van der Waals surface area contributed by atoms with Crippen LogP contribution in [0.2, 0.25) is 0 Å². The Morgan fingerprint density at radius 3 is 2.17 bits per heavy atom.